The van der Waals surface area contributed by atoms with Crippen molar-refractivity contribution in [1.82, 2.24) is 10.8 Å². The second kappa shape index (κ2) is 9.06. The van der Waals surface area contributed by atoms with Crippen LogP contribution in [0.3, 0.4) is 0 Å². The number of aliphatic hydroxyl groups is 1. The van der Waals surface area contributed by atoms with E-state index in [9.17, 15) is 18.7 Å². The molecule has 0 saturated carbocycles. The summed E-state index contributed by atoms with van der Waals surface area (Å²) in [5.41, 5.74) is -3.34. The summed E-state index contributed by atoms with van der Waals surface area (Å²) in [6, 6.07) is 8.09. The summed E-state index contributed by atoms with van der Waals surface area (Å²) in [4.78, 5) is 15.3. The Bertz CT molecular complexity index is 782. The molecule has 2 heterocycles. The van der Waals surface area contributed by atoms with E-state index in [0.29, 0.717) is 12.8 Å². The van der Waals surface area contributed by atoms with E-state index in [1.54, 1.807) is 22.7 Å². The van der Waals surface area contributed by atoms with Gasteiger partial charge < -0.3 is 10.4 Å². The van der Waals surface area contributed by atoms with Gasteiger partial charge in [0.15, 0.2) is 0 Å². The molecule has 0 aliphatic heterocycles. The number of thiophene rings is 2. The lowest BCUT2D eigenvalue weighted by molar-refractivity contribution is -0.167. The molecule has 1 amide bonds. The maximum absolute atomic E-state index is 13.2. The quantitative estimate of drug-likeness (QED) is 0.247. The topological polar surface area (TPSA) is 81.6 Å². The molecule has 150 valence electrons. The molecule has 0 aliphatic rings. The molecular weight excluding hydrogens is 462 g/mol. The smallest absolute Gasteiger partial charge is 0.268 e. The van der Waals surface area contributed by atoms with Crippen LogP contribution in [0.2, 0.25) is 0 Å². The van der Waals surface area contributed by atoms with Crippen molar-refractivity contribution in [2.24, 2.45) is 0 Å². The summed E-state index contributed by atoms with van der Waals surface area (Å²) in [7, 11) is 0. The SMILES string of the molecule is CC(NCCCc1ccc(-c2ccc(Br)s2)s1)(C(=O)NO)C(C)(O)C(F)F. The van der Waals surface area contributed by atoms with Gasteiger partial charge in [-0.05, 0) is 73.4 Å². The van der Waals surface area contributed by atoms with E-state index in [-0.39, 0.29) is 6.54 Å². The highest BCUT2D eigenvalue weighted by Gasteiger charge is 2.54. The number of aryl methyl sites for hydroxylation is 1. The maximum Gasteiger partial charge on any atom is 0.268 e. The molecule has 0 aromatic carbocycles. The van der Waals surface area contributed by atoms with E-state index in [1.807, 2.05) is 24.3 Å². The van der Waals surface area contributed by atoms with Crippen molar-refractivity contribution in [3.63, 3.8) is 0 Å². The molecule has 5 nitrogen and oxygen atoms in total. The third-order valence-corrected chi connectivity index (χ3v) is 7.51. The van der Waals surface area contributed by atoms with Crippen LogP contribution in [0, 0.1) is 0 Å². The van der Waals surface area contributed by atoms with Crippen molar-refractivity contribution < 1.29 is 23.9 Å². The highest BCUT2D eigenvalue weighted by Crippen LogP contribution is 2.36. The second-order valence-electron chi connectivity index (χ2n) is 6.41. The lowest BCUT2D eigenvalue weighted by Gasteiger charge is -2.40. The average molecular weight is 483 g/mol. The van der Waals surface area contributed by atoms with Gasteiger partial charge in [0, 0.05) is 14.6 Å². The third kappa shape index (κ3) is 4.93. The van der Waals surface area contributed by atoms with Gasteiger partial charge in [-0.2, -0.15) is 0 Å². The van der Waals surface area contributed by atoms with Crippen molar-refractivity contribution >= 4 is 44.5 Å². The first-order valence-electron chi connectivity index (χ1n) is 8.16. The van der Waals surface area contributed by atoms with Crippen LogP contribution in [0.15, 0.2) is 28.1 Å². The van der Waals surface area contributed by atoms with Crippen LogP contribution in [0.1, 0.15) is 25.1 Å². The lowest BCUT2D eigenvalue weighted by atomic mass is 9.81. The number of carbonyl (C=O) groups excluding carboxylic acids is 1. The van der Waals surface area contributed by atoms with Crippen molar-refractivity contribution in [3.05, 3.63) is 32.9 Å². The van der Waals surface area contributed by atoms with E-state index in [2.05, 4.69) is 21.2 Å². The first-order valence-corrected chi connectivity index (χ1v) is 10.6. The summed E-state index contributed by atoms with van der Waals surface area (Å²) >= 11 is 6.74. The van der Waals surface area contributed by atoms with Crippen LogP contribution in [-0.4, -0.2) is 40.3 Å². The van der Waals surface area contributed by atoms with E-state index < -0.39 is 23.5 Å². The second-order valence-corrected chi connectivity index (χ2v) is 10.0. The van der Waals surface area contributed by atoms with Gasteiger partial charge in [-0.25, -0.2) is 14.3 Å². The zero-order valence-electron chi connectivity index (χ0n) is 14.8. The molecule has 0 spiro atoms. The summed E-state index contributed by atoms with van der Waals surface area (Å²) in [6.07, 6.45) is -1.91. The zero-order chi connectivity index (χ0) is 20.2. The Morgan fingerprint density at radius 1 is 1.22 bits per heavy atom. The number of carbonyl (C=O) groups is 1. The van der Waals surface area contributed by atoms with Crippen LogP contribution >= 0.6 is 38.6 Å². The Kier molecular flexibility index (Phi) is 7.51. The van der Waals surface area contributed by atoms with E-state index in [0.717, 1.165) is 32.3 Å². The summed E-state index contributed by atoms with van der Waals surface area (Å²) < 4.78 is 27.4. The first kappa shape index (κ1) is 22.4. The predicted octanol–water partition coefficient (Wildman–Crippen LogP) is 4.04. The third-order valence-electron chi connectivity index (χ3n) is 4.55. The minimum Gasteiger partial charge on any atom is -0.382 e. The number of hydroxylamine groups is 1. The van der Waals surface area contributed by atoms with Crippen molar-refractivity contribution in [2.75, 3.05) is 6.54 Å². The fraction of sp³-hybridized carbons (Fsp3) is 0.471. The van der Waals surface area contributed by atoms with Gasteiger partial charge in [-0.1, -0.05) is 0 Å². The Labute approximate surface area is 172 Å². The molecule has 2 atom stereocenters. The largest absolute Gasteiger partial charge is 0.382 e. The van der Waals surface area contributed by atoms with E-state index >= 15 is 0 Å². The Morgan fingerprint density at radius 2 is 1.85 bits per heavy atom. The monoisotopic (exact) mass is 482 g/mol. The minimum absolute atomic E-state index is 0.213. The van der Waals surface area contributed by atoms with Gasteiger partial charge in [-0.3, -0.25) is 10.0 Å². The molecule has 0 bridgehead atoms. The normalized spacial score (nSPS) is 16.1. The molecule has 0 radical (unpaired) electrons. The maximum atomic E-state index is 13.2. The molecule has 2 unspecified atom stereocenters. The van der Waals surface area contributed by atoms with Crippen molar-refractivity contribution in [2.45, 2.75) is 44.3 Å². The predicted molar refractivity (Wildman–Crippen MR) is 107 cm³/mol. The molecule has 27 heavy (non-hydrogen) atoms. The number of amides is 1. The number of nitrogens with one attached hydrogen (secondary N) is 2. The molecule has 2 aromatic heterocycles. The number of rotatable bonds is 9. The number of halogens is 3. The van der Waals surface area contributed by atoms with Crippen molar-refractivity contribution in [1.29, 1.82) is 0 Å². The van der Waals surface area contributed by atoms with Crippen LogP contribution in [-0.2, 0) is 11.2 Å². The fourth-order valence-corrected chi connectivity index (χ4v) is 5.04. The minimum atomic E-state index is -3.17. The zero-order valence-corrected chi connectivity index (χ0v) is 18.0. The molecule has 10 heteroatoms. The summed E-state index contributed by atoms with van der Waals surface area (Å²) in [6.45, 7) is 2.22. The van der Waals surface area contributed by atoms with Gasteiger partial charge in [0.05, 0.1) is 3.79 Å². The molecule has 4 N–H and O–H groups in total. The van der Waals surface area contributed by atoms with Gasteiger partial charge in [0.2, 0.25) is 0 Å². The highest BCUT2D eigenvalue weighted by molar-refractivity contribution is 9.11. The first-order chi connectivity index (χ1) is 12.6. The molecule has 2 rings (SSSR count). The van der Waals surface area contributed by atoms with Gasteiger partial charge >= 0.3 is 0 Å². The molecule has 0 saturated heterocycles. The Hall–Kier alpha value is -0.910. The number of hydrogen-bond donors (Lipinski definition) is 4. The standard InChI is InChI=1S/C17H21BrF2N2O3S2/c1-16(15(23)22-25,17(2,24)14(19)20)21-9-3-4-10-5-6-11(26-10)12-7-8-13(18)27-12/h5-8,14,21,24-25H,3-4,9H2,1-2H3,(H,22,23). The molecule has 0 aliphatic carbocycles. The summed E-state index contributed by atoms with van der Waals surface area (Å²) in [5.74, 6) is -1.12. The van der Waals surface area contributed by atoms with Crippen LogP contribution < -0.4 is 10.8 Å². The number of alkyl halides is 2. The summed E-state index contributed by atoms with van der Waals surface area (Å²) in [5, 5.41) is 21.6. The Balaban J connectivity index is 1.96. The highest BCUT2D eigenvalue weighted by atomic mass is 79.9. The van der Waals surface area contributed by atoms with Crippen LogP contribution in [0.25, 0.3) is 9.75 Å². The van der Waals surface area contributed by atoms with E-state index in [4.69, 9.17) is 5.21 Å². The lowest BCUT2D eigenvalue weighted by Crippen LogP contribution is -2.70. The van der Waals surface area contributed by atoms with Gasteiger partial charge in [0.1, 0.15) is 11.1 Å². The molecule has 2 aromatic rings. The van der Waals surface area contributed by atoms with Crippen molar-refractivity contribution in [3.8, 4) is 9.75 Å². The van der Waals surface area contributed by atoms with Gasteiger partial charge in [0.25, 0.3) is 12.3 Å². The Morgan fingerprint density at radius 3 is 2.41 bits per heavy atom. The van der Waals surface area contributed by atoms with E-state index in [1.165, 1.54) is 5.48 Å². The average Bonchev–Trinajstić information content (AvgIpc) is 3.26. The van der Waals surface area contributed by atoms with Crippen LogP contribution in [0.5, 0.6) is 0 Å². The number of hydrogen-bond acceptors (Lipinski definition) is 6. The molecule has 0 fully saturated rings. The van der Waals surface area contributed by atoms with Crippen LogP contribution in [0.4, 0.5) is 8.78 Å². The fourth-order valence-electron chi connectivity index (χ4n) is 2.51. The molecular formula is C17H21BrF2N2O3S2. The van der Waals surface area contributed by atoms with Gasteiger partial charge in [-0.15, -0.1) is 22.7 Å².